The summed E-state index contributed by atoms with van der Waals surface area (Å²) in [6.45, 7) is 10.3. The standard InChI is InChI=1S/C11H23NO3S4/c1-9(2)12-7-11(3,4)19-17-8-14-5-6-15-10(13)18-16/h9,12,16H,5-8H2,1-4H3. The van der Waals surface area contributed by atoms with Crippen LogP contribution < -0.4 is 5.32 Å². The van der Waals surface area contributed by atoms with Gasteiger partial charge in [-0.3, -0.25) is 0 Å². The second-order valence-corrected chi connectivity index (χ2v) is 8.73. The zero-order valence-corrected chi connectivity index (χ0v) is 15.1. The molecule has 0 bridgehead atoms. The third kappa shape index (κ3) is 13.5. The molecule has 0 atom stereocenters. The van der Waals surface area contributed by atoms with E-state index in [0.29, 0.717) is 18.6 Å². The van der Waals surface area contributed by atoms with E-state index in [1.165, 1.54) is 0 Å². The fraction of sp³-hybridized carbons (Fsp3) is 0.909. The molecule has 0 spiro atoms. The Labute approximate surface area is 133 Å². The van der Waals surface area contributed by atoms with E-state index in [2.05, 4.69) is 44.7 Å². The molecule has 0 heterocycles. The van der Waals surface area contributed by atoms with Gasteiger partial charge in [0.2, 0.25) is 0 Å². The molecule has 0 aromatic heterocycles. The molecule has 8 heteroatoms. The summed E-state index contributed by atoms with van der Waals surface area (Å²) >= 11 is 3.73. The van der Waals surface area contributed by atoms with E-state index < -0.39 is 5.30 Å². The lowest BCUT2D eigenvalue weighted by atomic mass is 10.2. The van der Waals surface area contributed by atoms with Crippen molar-refractivity contribution in [2.24, 2.45) is 0 Å². The van der Waals surface area contributed by atoms with Crippen molar-refractivity contribution in [1.82, 2.24) is 5.32 Å². The maximum Gasteiger partial charge on any atom is 0.377 e. The Morgan fingerprint density at radius 3 is 2.63 bits per heavy atom. The number of hydrogen-bond acceptors (Lipinski definition) is 8. The first-order valence-electron chi connectivity index (χ1n) is 5.97. The van der Waals surface area contributed by atoms with Crippen LogP contribution in [0, 0.1) is 0 Å². The number of ether oxygens (including phenoxy) is 2. The van der Waals surface area contributed by atoms with Crippen molar-refractivity contribution in [2.75, 3.05) is 25.7 Å². The van der Waals surface area contributed by atoms with E-state index in [0.717, 1.165) is 17.3 Å². The predicted octanol–water partition coefficient (Wildman–Crippen LogP) is 3.83. The van der Waals surface area contributed by atoms with Crippen LogP contribution in [-0.2, 0) is 9.47 Å². The predicted molar refractivity (Wildman–Crippen MR) is 91.1 cm³/mol. The smallest absolute Gasteiger partial charge is 0.377 e. The Morgan fingerprint density at radius 1 is 1.37 bits per heavy atom. The summed E-state index contributed by atoms with van der Waals surface area (Å²) in [6.07, 6.45) is 0. The van der Waals surface area contributed by atoms with Gasteiger partial charge in [0, 0.05) is 28.1 Å². The van der Waals surface area contributed by atoms with Gasteiger partial charge in [0.15, 0.2) is 0 Å². The molecule has 1 N–H and O–H groups in total. The van der Waals surface area contributed by atoms with Crippen LogP contribution in [0.3, 0.4) is 0 Å². The molecular weight excluding hydrogens is 322 g/mol. The quantitative estimate of drug-likeness (QED) is 0.205. The molecule has 0 radical (unpaired) electrons. The van der Waals surface area contributed by atoms with Crippen LogP contribution in [0.1, 0.15) is 27.7 Å². The van der Waals surface area contributed by atoms with Gasteiger partial charge >= 0.3 is 5.30 Å². The summed E-state index contributed by atoms with van der Waals surface area (Å²) in [5, 5.41) is 3.03. The van der Waals surface area contributed by atoms with Crippen molar-refractivity contribution >= 4 is 49.3 Å². The number of thiol groups is 1. The lowest BCUT2D eigenvalue weighted by Crippen LogP contribution is -2.35. The lowest BCUT2D eigenvalue weighted by molar-refractivity contribution is 0.108. The van der Waals surface area contributed by atoms with Gasteiger partial charge in [-0.05, 0) is 13.8 Å². The minimum absolute atomic E-state index is 0.160. The SMILES string of the molecule is CC(C)NCC(C)(C)SSCOCCOC(=O)SS. The van der Waals surface area contributed by atoms with E-state index in [-0.39, 0.29) is 11.4 Å². The van der Waals surface area contributed by atoms with E-state index in [4.69, 9.17) is 9.47 Å². The number of carbonyl (C=O) groups is 1. The second-order valence-electron chi connectivity index (χ2n) is 4.71. The van der Waals surface area contributed by atoms with Crippen molar-refractivity contribution in [2.45, 2.75) is 38.5 Å². The van der Waals surface area contributed by atoms with Gasteiger partial charge in [0.05, 0.1) is 6.61 Å². The van der Waals surface area contributed by atoms with Crippen molar-refractivity contribution in [3.8, 4) is 0 Å². The summed E-state index contributed by atoms with van der Waals surface area (Å²) in [5.74, 6) is 0.585. The zero-order chi connectivity index (χ0) is 14.7. The highest BCUT2D eigenvalue weighted by Gasteiger charge is 2.18. The highest BCUT2D eigenvalue weighted by Crippen LogP contribution is 2.35. The number of nitrogens with one attached hydrogen (secondary N) is 1. The highest BCUT2D eigenvalue weighted by molar-refractivity contribution is 8.77. The average molecular weight is 346 g/mol. The van der Waals surface area contributed by atoms with Crippen LogP contribution >= 0.6 is 44.0 Å². The third-order valence-corrected chi connectivity index (χ3v) is 5.56. The maximum absolute atomic E-state index is 10.8. The van der Waals surface area contributed by atoms with Crippen LogP contribution in [0.25, 0.3) is 0 Å². The van der Waals surface area contributed by atoms with Gasteiger partial charge in [-0.25, -0.2) is 4.79 Å². The molecule has 0 aliphatic heterocycles. The van der Waals surface area contributed by atoms with Crippen LogP contribution in [0.15, 0.2) is 0 Å². The first-order valence-corrected chi connectivity index (χ1v) is 10.2. The second kappa shape index (κ2) is 11.4. The first kappa shape index (κ1) is 19.8. The molecule has 19 heavy (non-hydrogen) atoms. The van der Waals surface area contributed by atoms with Crippen molar-refractivity contribution in [1.29, 1.82) is 0 Å². The summed E-state index contributed by atoms with van der Waals surface area (Å²) < 4.78 is 10.3. The van der Waals surface area contributed by atoms with Crippen molar-refractivity contribution < 1.29 is 14.3 Å². The molecule has 0 saturated heterocycles. The molecule has 0 unspecified atom stereocenters. The van der Waals surface area contributed by atoms with Gasteiger partial charge in [-0.2, -0.15) is 0 Å². The average Bonchev–Trinajstić information content (AvgIpc) is 2.35. The Balaban J connectivity index is 3.44. The molecule has 0 fully saturated rings. The zero-order valence-electron chi connectivity index (χ0n) is 11.8. The van der Waals surface area contributed by atoms with E-state index in [1.807, 2.05) is 0 Å². The molecule has 0 amide bonds. The Hall–Kier alpha value is 0.790. The third-order valence-electron chi connectivity index (χ3n) is 1.87. The number of carbonyl (C=O) groups excluding carboxylic acids is 1. The summed E-state index contributed by atoms with van der Waals surface area (Å²) in [4.78, 5) is 10.8. The topological polar surface area (TPSA) is 47.6 Å². The lowest BCUT2D eigenvalue weighted by Gasteiger charge is -2.24. The van der Waals surface area contributed by atoms with Gasteiger partial charge in [-0.15, -0.1) is 0 Å². The van der Waals surface area contributed by atoms with E-state index >= 15 is 0 Å². The monoisotopic (exact) mass is 345 g/mol. The van der Waals surface area contributed by atoms with E-state index in [9.17, 15) is 4.79 Å². The van der Waals surface area contributed by atoms with Gasteiger partial charge in [0.1, 0.15) is 12.5 Å². The largest absolute Gasteiger partial charge is 0.455 e. The molecule has 0 aliphatic carbocycles. The molecule has 4 nitrogen and oxygen atoms in total. The van der Waals surface area contributed by atoms with Crippen LogP contribution in [-0.4, -0.2) is 41.8 Å². The first-order chi connectivity index (χ1) is 8.87. The minimum atomic E-state index is -0.394. The van der Waals surface area contributed by atoms with Crippen LogP contribution in [0.2, 0.25) is 0 Å². The highest BCUT2D eigenvalue weighted by atomic mass is 33.1. The van der Waals surface area contributed by atoms with Crippen LogP contribution in [0.4, 0.5) is 4.79 Å². The summed E-state index contributed by atoms with van der Waals surface area (Å²) in [7, 11) is 4.23. The Bertz CT molecular complexity index is 252. The molecule has 0 aromatic carbocycles. The molecule has 0 aliphatic rings. The molecule has 114 valence electrons. The number of hydrogen-bond donors (Lipinski definition) is 2. The van der Waals surface area contributed by atoms with Crippen molar-refractivity contribution in [3.05, 3.63) is 0 Å². The summed E-state index contributed by atoms with van der Waals surface area (Å²) in [5.41, 5.74) is 0. The Kier molecular flexibility index (Phi) is 11.9. The maximum atomic E-state index is 10.8. The minimum Gasteiger partial charge on any atom is -0.455 e. The Morgan fingerprint density at radius 2 is 2.05 bits per heavy atom. The van der Waals surface area contributed by atoms with Crippen LogP contribution in [0.5, 0.6) is 0 Å². The molecular formula is C11H23NO3S4. The molecule has 0 saturated carbocycles. The fourth-order valence-corrected chi connectivity index (χ4v) is 3.44. The normalized spacial score (nSPS) is 11.9. The van der Waals surface area contributed by atoms with Gasteiger partial charge in [-0.1, -0.05) is 47.1 Å². The molecule has 0 rings (SSSR count). The fourth-order valence-electron chi connectivity index (χ4n) is 0.966. The van der Waals surface area contributed by atoms with Crippen molar-refractivity contribution in [3.63, 3.8) is 0 Å². The summed E-state index contributed by atoms with van der Waals surface area (Å²) in [6, 6.07) is 0.500. The van der Waals surface area contributed by atoms with Gasteiger partial charge < -0.3 is 14.8 Å². The molecule has 0 aromatic rings. The van der Waals surface area contributed by atoms with E-state index in [1.54, 1.807) is 21.6 Å². The number of rotatable bonds is 10. The van der Waals surface area contributed by atoms with Gasteiger partial charge in [0.25, 0.3) is 0 Å².